The van der Waals surface area contributed by atoms with Crippen LogP contribution in [0.5, 0.6) is 0 Å². The monoisotopic (exact) mass is 410 g/mol. The third-order valence-corrected chi connectivity index (χ3v) is 6.20. The Hall–Kier alpha value is -2.48. The van der Waals surface area contributed by atoms with Crippen molar-refractivity contribution in [1.82, 2.24) is 20.0 Å². The summed E-state index contributed by atoms with van der Waals surface area (Å²) in [7, 11) is 0. The SMILES string of the molecule is O=C1NCCN(Cc2cccc3ccccc23)[C@@H]1CC(=O)N1CCN(CCO)CC1. The van der Waals surface area contributed by atoms with Gasteiger partial charge in [0.05, 0.1) is 19.1 Å². The van der Waals surface area contributed by atoms with E-state index in [2.05, 4.69) is 39.4 Å². The highest BCUT2D eigenvalue weighted by Gasteiger charge is 2.33. The summed E-state index contributed by atoms with van der Waals surface area (Å²) in [5, 5.41) is 14.4. The number of piperazine rings is 2. The molecule has 1 atom stereocenters. The number of fused-ring (bicyclic) bond motifs is 1. The number of aliphatic hydroxyl groups is 1. The number of aliphatic hydroxyl groups excluding tert-OH is 1. The van der Waals surface area contributed by atoms with E-state index in [0.29, 0.717) is 32.7 Å². The van der Waals surface area contributed by atoms with Crippen molar-refractivity contribution in [1.29, 1.82) is 0 Å². The molecule has 2 aromatic carbocycles. The number of β-amino-alcohol motifs (C(OH)–C–C–N with tert-alkyl or cyclic N) is 1. The van der Waals surface area contributed by atoms with Gasteiger partial charge in [-0.1, -0.05) is 42.5 Å². The summed E-state index contributed by atoms with van der Waals surface area (Å²) >= 11 is 0. The van der Waals surface area contributed by atoms with Crippen molar-refractivity contribution < 1.29 is 14.7 Å². The molecule has 160 valence electrons. The fourth-order valence-electron chi connectivity index (χ4n) is 4.48. The lowest BCUT2D eigenvalue weighted by Crippen LogP contribution is -2.57. The number of amides is 2. The summed E-state index contributed by atoms with van der Waals surface area (Å²) in [6.45, 7) is 5.60. The maximum atomic E-state index is 12.9. The number of hydrogen-bond donors (Lipinski definition) is 2. The zero-order valence-corrected chi connectivity index (χ0v) is 17.3. The molecule has 2 N–H and O–H groups in total. The van der Waals surface area contributed by atoms with E-state index in [4.69, 9.17) is 5.11 Å². The van der Waals surface area contributed by atoms with Gasteiger partial charge >= 0.3 is 0 Å². The maximum absolute atomic E-state index is 12.9. The average molecular weight is 411 g/mol. The molecule has 0 bridgehead atoms. The highest BCUT2D eigenvalue weighted by atomic mass is 16.3. The molecule has 0 radical (unpaired) electrons. The van der Waals surface area contributed by atoms with Crippen molar-refractivity contribution >= 4 is 22.6 Å². The summed E-state index contributed by atoms with van der Waals surface area (Å²) in [5.74, 6) is -0.0302. The number of hydrogen-bond acceptors (Lipinski definition) is 5. The van der Waals surface area contributed by atoms with Crippen LogP contribution in [0, 0.1) is 0 Å². The minimum Gasteiger partial charge on any atom is -0.395 e. The first kappa shape index (κ1) is 20.8. The minimum absolute atomic E-state index is 0.0311. The van der Waals surface area contributed by atoms with E-state index in [9.17, 15) is 9.59 Å². The third-order valence-electron chi connectivity index (χ3n) is 6.20. The summed E-state index contributed by atoms with van der Waals surface area (Å²) in [6, 6.07) is 14.1. The normalized spacial score (nSPS) is 21.0. The van der Waals surface area contributed by atoms with Crippen LogP contribution in [-0.4, -0.2) is 90.1 Å². The van der Waals surface area contributed by atoms with Crippen molar-refractivity contribution in [3.05, 3.63) is 48.0 Å². The standard InChI is InChI=1S/C23H30N4O3/c28-15-14-25-10-12-26(13-11-25)22(29)16-21-23(30)24-8-9-27(21)17-19-6-3-5-18-4-1-2-7-20(18)19/h1-7,21,28H,8-17H2,(H,24,30)/t21-/m1/s1. The average Bonchev–Trinajstić information content (AvgIpc) is 2.77. The third kappa shape index (κ3) is 4.64. The van der Waals surface area contributed by atoms with E-state index < -0.39 is 6.04 Å². The van der Waals surface area contributed by atoms with Crippen LogP contribution in [0.15, 0.2) is 42.5 Å². The molecule has 0 spiro atoms. The Labute approximate surface area is 177 Å². The van der Waals surface area contributed by atoms with Gasteiger partial charge in [-0.2, -0.15) is 0 Å². The molecule has 0 unspecified atom stereocenters. The molecule has 2 heterocycles. The van der Waals surface area contributed by atoms with Gasteiger partial charge in [0.2, 0.25) is 11.8 Å². The van der Waals surface area contributed by atoms with Crippen molar-refractivity contribution in [3.63, 3.8) is 0 Å². The van der Waals surface area contributed by atoms with Crippen LogP contribution in [0.25, 0.3) is 10.8 Å². The number of nitrogens with zero attached hydrogens (tertiary/aromatic N) is 3. The second-order valence-electron chi connectivity index (χ2n) is 8.07. The second-order valence-corrected chi connectivity index (χ2v) is 8.07. The van der Waals surface area contributed by atoms with Gasteiger partial charge in [-0.05, 0) is 16.3 Å². The van der Waals surface area contributed by atoms with Crippen LogP contribution < -0.4 is 5.32 Å². The van der Waals surface area contributed by atoms with Crippen LogP contribution in [0.4, 0.5) is 0 Å². The van der Waals surface area contributed by atoms with Crippen LogP contribution in [0.3, 0.4) is 0 Å². The summed E-state index contributed by atoms with van der Waals surface area (Å²) < 4.78 is 0. The first-order chi connectivity index (χ1) is 14.7. The molecule has 7 heteroatoms. The molecular weight excluding hydrogens is 380 g/mol. The van der Waals surface area contributed by atoms with E-state index in [1.807, 2.05) is 23.1 Å². The first-order valence-electron chi connectivity index (χ1n) is 10.7. The molecule has 2 amide bonds. The number of nitrogens with one attached hydrogen (secondary N) is 1. The van der Waals surface area contributed by atoms with Crippen LogP contribution in [0.2, 0.25) is 0 Å². The van der Waals surface area contributed by atoms with Crippen molar-refractivity contribution in [2.75, 3.05) is 52.4 Å². The zero-order chi connectivity index (χ0) is 20.9. The molecule has 2 aliphatic rings. The molecule has 0 aromatic heterocycles. The highest BCUT2D eigenvalue weighted by molar-refractivity contribution is 5.89. The molecule has 0 saturated carbocycles. The smallest absolute Gasteiger partial charge is 0.237 e. The fraction of sp³-hybridized carbons (Fsp3) is 0.478. The van der Waals surface area contributed by atoms with Crippen molar-refractivity contribution in [2.45, 2.75) is 19.0 Å². The van der Waals surface area contributed by atoms with Gasteiger partial charge in [-0.3, -0.25) is 19.4 Å². The lowest BCUT2D eigenvalue weighted by molar-refractivity contribution is -0.140. The number of rotatable bonds is 6. The lowest BCUT2D eigenvalue weighted by Gasteiger charge is -2.38. The van der Waals surface area contributed by atoms with Gasteiger partial charge < -0.3 is 15.3 Å². The molecule has 0 aliphatic carbocycles. The summed E-state index contributed by atoms with van der Waals surface area (Å²) in [4.78, 5) is 31.7. The maximum Gasteiger partial charge on any atom is 0.237 e. The molecule has 2 aromatic rings. The van der Waals surface area contributed by atoms with Crippen LogP contribution in [0.1, 0.15) is 12.0 Å². The first-order valence-corrected chi connectivity index (χ1v) is 10.7. The molecule has 30 heavy (non-hydrogen) atoms. The van der Waals surface area contributed by atoms with Gasteiger partial charge in [0.15, 0.2) is 0 Å². The van der Waals surface area contributed by atoms with E-state index >= 15 is 0 Å². The highest BCUT2D eigenvalue weighted by Crippen LogP contribution is 2.22. The summed E-state index contributed by atoms with van der Waals surface area (Å²) in [6.07, 6.45) is 0.205. The minimum atomic E-state index is -0.444. The van der Waals surface area contributed by atoms with E-state index in [1.165, 1.54) is 16.3 Å². The summed E-state index contributed by atoms with van der Waals surface area (Å²) in [5.41, 5.74) is 1.18. The second kappa shape index (κ2) is 9.55. The Kier molecular flexibility index (Phi) is 6.62. The van der Waals surface area contributed by atoms with Crippen molar-refractivity contribution in [2.24, 2.45) is 0 Å². The Morgan fingerprint density at radius 2 is 1.80 bits per heavy atom. The predicted octanol–water partition coefficient (Wildman–Crippen LogP) is 0.667. The quantitative estimate of drug-likeness (QED) is 0.732. The Balaban J connectivity index is 1.44. The van der Waals surface area contributed by atoms with Gasteiger partial charge in [-0.15, -0.1) is 0 Å². The van der Waals surface area contributed by atoms with Gasteiger partial charge in [0, 0.05) is 52.4 Å². The van der Waals surface area contributed by atoms with Crippen LogP contribution >= 0.6 is 0 Å². The number of benzene rings is 2. The Bertz CT molecular complexity index is 890. The van der Waals surface area contributed by atoms with E-state index in [-0.39, 0.29) is 24.8 Å². The number of carbonyl (C=O) groups is 2. The largest absolute Gasteiger partial charge is 0.395 e. The molecule has 4 rings (SSSR count). The number of carbonyl (C=O) groups excluding carboxylic acids is 2. The van der Waals surface area contributed by atoms with Gasteiger partial charge in [0.1, 0.15) is 0 Å². The molecular formula is C23H30N4O3. The Morgan fingerprint density at radius 3 is 2.60 bits per heavy atom. The van der Waals surface area contributed by atoms with E-state index in [1.54, 1.807) is 0 Å². The predicted molar refractivity (Wildman–Crippen MR) is 116 cm³/mol. The van der Waals surface area contributed by atoms with Crippen molar-refractivity contribution in [3.8, 4) is 0 Å². The molecule has 2 saturated heterocycles. The molecule has 7 nitrogen and oxygen atoms in total. The Morgan fingerprint density at radius 1 is 1.03 bits per heavy atom. The molecule has 2 aliphatic heterocycles. The topological polar surface area (TPSA) is 76.1 Å². The van der Waals surface area contributed by atoms with Crippen LogP contribution in [-0.2, 0) is 16.1 Å². The van der Waals surface area contributed by atoms with Gasteiger partial charge in [-0.25, -0.2) is 0 Å². The lowest BCUT2D eigenvalue weighted by atomic mass is 10.0. The van der Waals surface area contributed by atoms with E-state index in [0.717, 1.165) is 19.6 Å². The van der Waals surface area contributed by atoms with Gasteiger partial charge in [0.25, 0.3) is 0 Å². The zero-order valence-electron chi connectivity index (χ0n) is 17.3. The fourth-order valence-corrected chi connectivity index (χ4v) is 4.48. The molecule has 2 fully saturated rings.